The summed E-state index contributed by atoms with van der Waals surface area (Å²) in [6.45, 7) is 2.22. The summed E-state index contributed by atoms with van der Waals surface area (Å²) >= 11 is 0. The van der Waals surface area contributed by atoms with Crippen molar-refractivity contribution < 1.29 is 75.8 Å². The SMILES string of the molecule is CC/C=C\C/C=C\C/C=C\C/C=C\C/C=C\C/C=C\CCCCC(=O)OCC(COP(=O)(O)OCC(O)COP(=O)(O)OCC(O)COC(=O)CCCCCCCCCCC/C=C\C/C=C\C/C=C\C/C=C\C/C=C\CC)OC(=O)CCCCCC/C=C\C/C=C\C/C=C\C/C=C\CC. The lowest BCUT2D eigenvalue weighted by atomic mass is 10.1. The molecule has 5 unspecified atom stereocenters. The van der Waals surface area contributed by atoms with E-state index in [9.17, 15) is 43.5 Å². The van der Waals surface area contributed by atoms with Crippen molar-refractivity contribution in [3.63, 3.8) is 0 Å². The number of allylic oxidation sites excluding steroid dienone is 30. The van der Waals surface area contributed by atoms with E-state index in [1.165, 1.54) is 25.7 Å². The zero-order chi connectivity index (χ0) is 72.3. The molecule has 0 heterocycles. The monoisotopic (exact) mass is 1420 g/mol. The van der Waals surface area contributed by atoms with Crippen LogP contribution >= 0.6 is 15.6 Å². The van der Waals surface area contributed by atoms with E-state index in [1.54, 1.807) is 0 Å². The Labute approximate surface area is 598 Å². The van der Waals surface area contributed by atoms with E-state index in [4.69, 9.17) is 32.3 Å². The maximum Gasteiger partial charge on any atom is 0.472 e. The molecule has 0 saturated heterocycles. The summed E-state index contributed by atoms with van der Waals surface area (Å²) in [6.07, 6.45) is 92.2. The third kappa shape index (κ3) is 73.7. The van der Waals surface area contributed by atoms with Crippen molar-refractivity contribution in [2.45, 2.75) is 270 Å². The summed E-state index contributed by atoms with van der Waals surface area (Å²) in [5.41, 5.74) is 0. The highest BCUT2D eigenvalue weighted by molar-refractivity contribution is 7.47. The smallest absolute Gasteiger partial charge is 0.463 e. The first-order valence-electron chi connectivity index (χ1n) is 37.1. The highest BCUT2D eigenvalue weighted by Gasteiger charge is 2.29. The first kappa shape index (κ1) is 93.6. The number of hydrogen-bond donors (Lipinski definition) is 4. The van der Waals surface area contributed by atoms with Crippen molar-refractivity contribution in [2.24, 2.45) is 0 Å². The summed E-state index contributed by atoms with van der Waals surface area (Å²) in [7, 11) is -9.83. The van der Waals surface area contributed by atoms with Gasteiger partial charge in [-0.3, -0.25) is 32.5 Å². The minimum atomic E-state index is -4.96. The molecular weight excluding hydrogens is 1290 g/mol. The maximum absolute atomic E-state index is 13.0. The third-order valence-electron chi connectivity index (χ3n) is 14.6. The lowest BCUT2D eigenvalue weighted by molar-refractivity contribution is -0.161. The maximum atomic E-state index is 13.0. The fourth-order valence-corrected chi connectivity index (χ4v) is 10.6. The lowest BCUT2D eigenvalue weighted by Gasteiger charge is -2.21. The van der Waals surface area contributed by atoms with E-state index in [0.29, 0.717) is 19.3 Å². The van der Waals surface area contributed by atoms with E-state index < -0.39 is 91.5 Å². The molecule has 0 amide bonds. The molecule has 0 radical (unpaired) electrons. The fourth-order valence-electron chi connectivity index (χ4n) is 9.06. The predicted octanol–water partition coefficient (Wildman–Crippen LogP) is 21.4. The Morgan fingerprint density at radius 3 is 0.818 bits per heavy atom. The number of phosphoric ester groups is 2. The van der Waals surface area contributed by atoms with Gasteiger partial charge in [-0.15, -0.1) is 0 Å². The zero-order valence-corrected chi connectivity index (χ0v) is 62.6. The molecule has 5 atom stereocenters. The van der Waals surface area contributed by atoms with Crippen LogP contribution in [0.4, 0.5) is 0 Å². The number of aliphatic hydroxyl groups is 2. The second-order valence-corrected chi connectivity index (χ2v) is 26.9. The number of esters is 3. The minimum absolute atomic E-state index is 0.0589. The lowest BCUT2D eigenvalue weighted by Crippen LogP contribution is -2.30. The first-order chi connectivity index (χ1) is 48.2. The van der Waals surface area contributed by atoms with Crippen molar-refractivity contribution in [2.75, 3.05) is 39.6 Å². The van der Waals surface area contributed by atoms with Gasteiger partial charge in [0, 0.05) is 19.3 Å². The van der Waals surface area contributed by atoms with Crippen molar-refractivity contribution in [3.05, 3.63) is 182 Å². The highest BCUT2D eigenvalue weighted by atomic mass is 31.2. The molecule has 16 nitrogen and oxygen atoms in total. The minimum Gasteiger partial charge on any atom is -0.463 e. The van der Waals surface area contributed by atoms with Crippen LogP contribution in [0.2, 0.25) is 0 Å². The molecule has 0 aliphatic rings. The predicted molar refractivity (Wildman–Crippen MR) is 408 cm³/mol. The molecule has 18 heteroatoms. The second kappa shape index (κ2) is 72.4. The van der Waals surface area contributed by atoms with Gasteiger partial charge >= 0.3 is 33.6 Å². The first-order valence-corrected chi connectivity index (χ1v) is 40.1. The number of rotatable bonds is 68. The normalized spacial score (nSPS) is 15.1. The molecule has 0 spiro atoms. The Morgan fingerprint density at radius 2 is 0.505 bits per heavy atom. The van der Waals surface area contributed by atoms with E-state index in [2.05, 4.69) is 203 Å². The number of ether oxygens (including phenoxy) is 3. The average Bonchev–Trinajstić information content (AvgIpc) is 2.16. The van der Waals surface area contributed by atoms with Crippen molar-refractivity contribution in [3.8, 4) is 0 Å². The molecule has 0 aromatic rings. The topological polar surface area (TPSA) is 231 Å². The van der Waals surface area contributed by atoms with Gasteiger partial charge in [0.25, 0.3) is 0 Å². The van der Waals surface area contributed by atoms with Crippen molar-refractivity contribution in [1.82, 2.24) is 0 Å². The number of carbonyl (C=O) groups excluding carboxylic acids is 3. The Bertz CT molecular complexity index is 2530. The summed E-state index contributed by atoms with van der Waals surface area (Å²) < 4.78 is 61.0. The summed E-state index contributed by atoms with van der Waals surface area (Å²) in [5, 5.41) is 20.6. The van der Waals surface area contributed by atoms with Gasteiger partial charge in [0.05, 0.1) is 26.4 Å². The number of phosphoric acid groups is 2. The molecule has 0 aliphatic carbocycles. The molecule has 0 rings (SSSR count). The van der Waals surface area contributed by atoms with E-state index in [-0.39, 0.29) is 19.3 Å². The zero-order valence-electron chi connectivity index (χ0n) is 60.8. The number of aliphatic hydroxyl groups excluding tert-OH is 2. The molecule has 0 aliphatic heterocycles. The van der Waals surface area contributed by atoms with Crippen LogP contribution in [0.15, 0.2) is 182 Å². The van der Waals surface area contributed by atoms with Crippen LogP contribution in [0.25, 0.3) is 0 Å². The molecule has 0 aromatic heterocycles. The van der Waals surface area contributed by atoms with Crippen molar-refractivity contribution in [1.29, 1.82) is 0 Å². The van der Waals surface area contributed by atoms with Gasteiger partial charge in [-0.2, -0.15) is 0 Å². The Kier molecular flexibility index (Phi) is 68.5. The molecular formula is C81H130O16P2. The molecule has 0 fully saturated rings. The van der Waals surface area contributed by atoms with Crippen molar-refractivity contribution >= 4 is 33.6 Å². The Balaban J connectivity index is 4.72. The second-order valence-electron chi connectivity index (χ2n) is 23.9. The van der Waals surface area contributed by atoms with Gasteiger partial charge in [-0.05, 0) is 154 Å². The quantitative estimate of drug-likeness (QED) is 0.0146. The van der Waals surface area contributed by atoms with E-state index in [1.807, 2.05) is 0 Å². The van der Waals surface area contributed by atoms with Gasteiger partial charge in [-0.1, -0.05) is 261 Å². The molecule has 0 aromatic carbocycles. The van der Waals surface area contributed by atoms with Crippen LogP contribution in [0, 0.1) is 0 Å². The van der Waals surface area contributed by atoms with Crippen LogP contribution in [-0.4, -0.2) is 95.9 Å². The Hall–Kier alpha value is -5.35. The molecule has 0 saturated carbocycles. The van der Waals surface area contributed by atoms with Crippen LogP contribution in [0.5, 0.6) is 0 Å². The summed E-state index contributed by atoms with van der Waals surface area (Å²) in [5.74, 6) is -1.67. The van der Waals surface area contributed by atoms with Crippen LogP contribution < -0.4 is 0 Å². The molecule has 0 bridgehead atoms. The molecule has 4 N–H and O–H groups in total. The van der Waals surface area contributed by atoms with E-state index in [0.717, 1.165) is 167 Å². The van der Waals surface area contributed by atoms with Gasteiger partial charge in [0.15, 0.2) is 6.10 Å². The Morgan fingerprint density at radius 1 is 0.283 bits per heavy atom. The third-order valence-corrected chi connectivity index (χ3v) is 16.5. The van der Waals surface area contributed by atoms with Crippen LogP contribution in [0.1, 0.15) is 252 Å². The standard InChI is InChI=1S/C81H130O16P2/c1-4-7-10-13-16-19-22-25-28-31-33-35-36-37-38-40-42-44-46-49-52-55-58-61-64-67-79(84)91-70-76(82)71-93-98(87,88)94-72-77(83)73-95-99(89,90)96-75-78(97-81(86)69-66-63-60-57-54-51-48-43-30-27-24-21-18-15-12-9-6-3)74-92-80(85)68-65-62-59-56-53-50-47-45-41-39-34-32-29-26-23-20-17-14-11-8-5-2/h7-12,16-21,25-30,33-35,37-39,45,47-48,51,53,56,76-78,82-83H,4-6,13-15,22-24,31-32,36,40-44,46,49-50,52,54-55,57-75H2,1-3H3,(H,87,88)(H,89,90)/b10-7-,11-8-,12-9-,19-16-,20-17-,21-18-,28-25-,29-26-,30-27-,35-33-,38-37-,39-34-,47-45-,51-48-,56-53-. The number of unbranched alkanes of at least 4 members (excludes halogenated alkanes) is 15. The number of carbonyl (C=O) groups is 3. The van der Waals surface area contributed by atoms with Gasteiger partial charge in [0.1, 0.15) is 25.4 Å². The molecule has 560 valence electrons. The molecule has 99 heavy (non-hydrogen) atoms. The van der Waals surface area contributed by atoms with E-state index >= 15 is 0 Å². The van der Waals surface area contributed by atoms with Crippen LogP contribution in [-0.2, 0) is 55.8 Å². The van der Waals surface area contributed by atoms with Gasteiger partial charge < -0.3 is 34.2 Å². The average molecular weight is 1420 g/mol. The van der Waals surface area contributed by atoms with Crippen LogP contribution in [0.3, 0.4) is 0 Å². The summed E-state index contributed by atoms with van der Waals surface area (Å²) in [4.78, 5) is 58.6. The van der Waals surface area contributed by atoms with Gasteiger partial charge in [-0.25, -0.2) is 9.13 Å². The highest BCUT2D eigenvalue weighted by Crippen LogP contribution is 2.45. The largest absolute Gasteiger partial charge is 0.472 e. The van der Waals surface area contributed by atoms with Gasteiger partial charge in [0.2, 0.25) is 0 Å². The summed E-state index contributed by atoms with van der Waals surface area (Å²) in [6, 6.07) is 0. The fraction of sp³-hybridized carbons (Fsp3) is 0.593. The number of hydrogen-bond acceptors (Lipinski definition) is 14.